The molecule has 19 heavy (non-hydrogen) atoms. The van der Waals surface area contributed by atoms with Crippen molar-refractivity contribution in [3.05, 3.63) is 17.6 Å². The van der Waals surface area contributed by atoms with Gasteiger partial charge in [-0.05, 0) is 25.2 Å². The Bertz CT molecular complexity index is 550. The number of nitrogens with two attached hydrogens (primary N) is 1. The quantitative estimate of drug-likeness (QED) is 0.917. The Balaban J connectivity index is 2.29. The van der Waals surface area contributed by atoms with Crippen LogP contribution >= 0.6 is 0 Å². The summed E-state index contributed by atoms with van der Waals surface area (Å²) in [5.41, 5.74) is 5.49. The molecule has 5 nitrogen and oxygen atoms in total. The summed E-state index contributed by atoms with van der Waals surface area (Å²) in [5, 5.41) is 0. The molecule has 0 aliphatic carbocycles. The van der Waals surface area contributed by atoms with Crippen molar-refractivity contribution in [3.63, 3.8) is 0 Å². The Morgan fingerprint density at radius 2 is 2.11 bits per heavy atom. The molecule has 2 atom stereocenters. The fraction of sp³-hybridized carbons (Fsp3) is 0.692. The lowest BCUT2D eigenvalue weighted by Crippen LogP contribution is -2.42. The zero-order valence-electron chi connectivity index (χ0n) is 11.7. The monoisotopic (exact) mass is 286 g/mol. The summed E-state index contributed by atoms with van der Waals surface area (Å²) in [4.78, 5) is 0.259. The number of furan rings is 1. The molecule has 0 amide bonds. The van der Waals surface area contributed by atoms with E-state index >= 15 is 0 Å². The summed E-state index contributed by atoms with van der Waals surface area (Å²) in [5.74, 6) is 1.88. The summed E-state index contributed by atoms with van der Waals surface area (Å²) in [6.07, 6.45) is 0.904. The van der Waals surface area contributed by atoms with Gasteiger partial charge in [0.1, 0.15) is 16.4 Å². The minimum absolute atomic E-state index is 0.212. The van der Waals surface area contributed by atoms with Crippen molar-refractivity contribution < 1.29 is 12.8 Å². The third kappa shape index (κ3) is 2.70. The van der Waals surface area contributed by atoms with Gasteiger partial charge in [-0.3, -0.25) is 0 Å². The summed E-state index contributed by atoms with van der Waals surface area (Å²) in [6.45, 7) is 7.30. The van der Waals surface area contributed by atoms with Gasteiger partial charge in [-0.1, -0.05) is 13.8 Å². The van der Waals surface area contributed by atoms with Crippen LogP contribution in [0, 0.1) is 18.8 Å². The number of sulfonamides is 1. The van der Waals surface area contributed by atoms with Crippen LogP contribution in [0.15, 0.2) is 15.4 Å². The summed E-state index contributed by atoms with van der Waals surface area (Å²) >= 11 is 0. The molecule has 1 fully saturated rings. The Hall–Kier alpha value is -0.850. The number of hydrogen-bond donors (Lipinski definition) is 1. The smallest absolute Gasteiger partial charge is 0.246 e. The minimum Gasteiger partial charge on any atom is -0.464 e. The lowest BCUT2D eigenvalue weighted by molar-refractivity contribution is 0.212. The fourth-order valence-electron chi connectivity index (χ4n) is 2.46. The second-order valence-corrected chi connectivity index (χ2v) is 7.35. The average Bonchev–Trinajstić information content (AvgIpc) is 2.74. The summed E-state index contributed by atoms with van der Waals surface area (Å²) in [6, 6.07) is 1.55. The Kier molecular flexibility index (Phi) is 4.03. The normalized spacial score (nSPS) is 25.7. The molecule has 2 N–H and O–H groups in total. The van der Waals surface area contributed by atoms with Gasteiger partial charge in [0, 0.05) is 19.2 Å². The molecule has 1 aliphatic heterocycles. The second-order valence-electron chi connectivity index (χ2n) is 5.44. The van der Waals surface area contributed by atoms with Gasteiger partial charge in [-0.15, -0.1) is 0 Å². The van der Waals surface area contributed by atoms with E-state index in [0.717, 1.165) is 6.42 Å². The topological polar surface area (TPSA) is 76.5 Å². The predicted octanol–water partition coefficient (Wildman–Crippen LogP) is 1.71. The Labute approximate surface area is 114 Å². The first-order valence-electron chi connectivity index (χ1n) is 6.65. The van der Waals surface area contributed by atoms with Gasteiger partial charge in [0.15, 0.2) is 0 Å². The zero-order chi connectivity index (χ0) is 14.2. The molecule has 2 heterocycles. The molecular formula is C13H22N2O3S. The fourth-order valence-corrected chi connectivity index (χ4v) is 4.20. The number of aryl methyl sites for hydroxylation is 1. The van der Waals surface area contributed by atoms with Gasteiger partial charge in [0.05, 0.1) is 6.54 Å². The van der Waals surface area contributed by atoms with E-state index in [4.69, 9.17) is 10.2 Å². The van der Waals surface area contributed by atoms with Crippen LogP contribution in [0.1, 0.15) is 31.8 Å². The van der Waals surface area contributed by atoms with E-state index in [9.17, 15) is 8.42 Å². The van der Waals surface area contributed by atoms with Crippen LogP contribution in [-0.4, -0.2) is 25.8 Å². The van der Waals surface area contributed by atoms with Crippen LogP contribution in [0.2, 0.25) is 0 Å². The molecule has 1 saturated heterocycles. The first-order chi connectivity index (χ1) is 8.86. The molecule has 1 aliphatic rings. The number of piperidine rings is 1. The van der Waals surface area contributed by atoms with Gasteiger partial charge in [-0.2, -0.15) is 4.31 Å². The summed E-state index contributed by atoms with van der Waals surface area (Å²) in [7, 11) is -3.45. The highest BCUT2D eigenvalue weighted by Crippen LogP contribution is 2.29. The van der Waals surface area contributed by atoms with Crippen LogP contribution in [-0.2, 0) is 16.6 Å². The van der Waals surface area contributed by atoms with E-state index in [0.29, 0.717) is 36.4 Å². The van der Waals surface area contributed by atoms with Crippen molar-refractivity contribution in [2.24, 2.45) is 17.6 Å². The average molecular weight is 286 g/mol. The van der Waals surface area contributed by atoms with Crippen molar-refractivity contribution in [1.29, 1.82) is 0 Å². The second kappa shape index (κ2) is 5.26. The maximum Gasteiger partial charge on any atom is 0.246 e. The standard InChI is InChI=1S/C13H22N2O3S/c1-9-4-5-15(8-10(9)2)19(16,17)13-6-12(7-14)18-11(13)3/h6,9-10H,4-5,7-8,14H2,1-3H3. The van der Waals surface area contributed by atoms with Gasteiger partial charge in [0.2, 0.25) is 10.0 Å². The van der Waals surface area contributed by atoms with Crippen LogP contribution < -0.4 is 5.73 Å². The van der Waals surface area contributed by atoms with Crippen molar-refractivity contribution in [2.75, 3.05) is 13.1 Å². The lowest BCUT2D eigenvalue weighted by atomic mass is 9.90. The molecule has 6 heteroatoms. The third-order valence-electron chi connectivity index (χ3n) is 4.04. The number of rotatable bonds is 3. The molecule has 2 rings (SSSR count). The van der Waals surface area contributed by atoms with Gasteiger partial charge < -0.3 is 10.2 Å². The van der Waals surface area contributed by atoms with Crippen LogP contribution in [0.3, 0.4) is 0 Å². The maximum atomic E-state index is 12.6. The van der Waals surface area contributed by atoms with Crippen molar-refractivity contribution in [1.82, 2.24) is 4.31 Å². The third-order valence-corrected chi connectivity index (χ3v) is 6.01. The van der Waals surface area contributed by atoms with Crippen molar-refractivity contribution in [2.45, 2.75) is 38.6 Å². The zero-order valence-corrected chi connectivity index (χ0v) is 12.5. The SMILES string of the molecule is Cc1oc(CN)cc1S(=O)(=O)N1CCC(C)C(C)C1. The van der Waals surface area contributed by atoms with E-state index in [1.807, 2.05) is 0 Å². The van der Waals surface area contributed by atoms with E-state index in [-0.39, 0.29) is 11.4 Å². The number of hydrogen-bond acceptors (Lipinski definition) is 4. The van der Waals surface area contributed by atoms with Crippen LogP contribution in [0.5, 0.6) is 0 Å². The molecule has 108 valence electrons. The first kappa shape index (κ1) is 14.6. The van der Waals surface area contributed by atoms with E-state index in [1.54, 1.807) is 17.3 Å². The summed E-state index contributed by atoms with van der Waals surface area (Å²) < 4.78 is 32.2. The van der Waals surface area contributed by atoms with E-state index < -0.39 is 10.0 Å². The highest BCUT2D eigenvalue weighted by Gasteiger charge is 2.33. The maximum absolute atomic E-state index is 12.6. The van der Waals surface area contributed by atoms with Gasteiger partial charge in [-0.25, -0.2) is 8.42 Å². The molecule has 0 bridgehead atoms. The van der Waals surface area contributed by atoms with Crippen molar-refractivity contribution >= 4 is 10.0 Å². The molecule has 0 aromatic carbocycles. The minimum atomic E-state index is -3.45. The van der Waals surface area contributed by atoms with E-state index in [2.05, 4.69) is 13.8 Å². The van der Waals surface area contributed by atoms with Crippen LogP contribution in [0.4, 0.5) is 0 Å². The molecule has 0 saturated carbocycles. The largest absolute Gasteiger partial charge is 0.464 e. The Morgan fingerprint density at radius 3 is 2.63 bits per heavy atom. The molecule has 1 aromatic heterocycles. The van der Waals surface area contributed by atoms with Crippen molar-refractivity contribution in [3.8, 4) is 0 Å². The van der Waals surface area contributed by atoms with Gasteiger partial charge in [0.25, 0.3) is 0 Å². The molecule has 2 unspecified atom stereocenters. The highest BCUT2D eigenvalue weighted by molar-refractivity contribution is 7.89. The van der Waals surface area contributed by atoms with E-state index in [1.165, 1.54) is 0 Å². The van der Waals surface area contributed by atoms with Gasteiger partial charge >= 0.3 is 0 Å². The molecule has 1 aromatic rings. The predicted molar refractivity (Wildman–Crippen MR) is 73.0 cm³/mol. The highest BCUT2D eigenvalue weighted by atomic mass is 32.2. The Morgan fingerprint density at radius 1 is 1.42 bits per heavy atom. The number of nitrogens with zero attached hydrogens (tertiary/aromatic N) is 1. The molecular weight excluding hydrogens is 264 g/mol. The van der Waals surface area contributed by atoms with Crippen LogP contribution in [0.25, 0.3) is 0 Å². The first-order valence-corrected chi connectivity index (χ1v) is 8.09. The lowest BCUT2D eigenvalue weighted by Gasteiger charge is -2.34. The molecule has 0 radical (unpaired) electrons. The molecule has 0 spiro atoms.